The Kier molecular flexibility index (Phi) is 2.78. The Balaban J connectivity index is 1.78. The molecule has 1 nitrogen and oxygen atoms in total. The zero-order chi connectivity index (χ0) is 14.2. The normalized spacial score (nSPS) is 12.0. The fourth-order valence-electron chi connectivity index (χ4n) is 3.25. The molecule has 1 aliphatic rings. The molecule has 0 aromatic heterocycles. The van der Waals surface area contributed by atoms with Crippen LogP contribution in [-0.4, -0.2) is 5.11 Å². The zero-order valence-corrected chi connectivity index (χ0v) is 11.7. The molecule has 0 radical (unpaired) electrons. The third-order valence-electron chi connectivity index (χ3n) is 4.32. The maximum Gasteiger partial charge on any atom is 0.119 e. The smallest absolute Gasteiger partial charge is 0.119 e. The predicted molar refractivity (Wildman–Crippen MR) is 85.6 cm³/mol. The molecule has 4 rings (SSSR count). The van der Waals surface area contributed by atoms with E-state index in [9.17, 15) is 5.11 Å². The molecule has 0 spiro atoms. The Hall–Kier alpha value is -2.54. The lowest BCUT2D eigenvalue weighted by atomic mass is 9.96. The molecular formula is C20H16O. The van der Waals surface area contributed by atoms with Crippen molar-refractivity contribution in [3.8, 4) is 16.9 Å². The van der Waals surface area contributed by atoms with E-state index in [0.29, 0.717) is 5.75 Å². The Bertz CT molecular complexity index is 818. The van der Waals surface area contributed by atoms with Crippen molar-refractivity contribution in [1.29, 1.82) is 0 Å². The number of hydrogen-bond acceptors (Lipinski definition) is 1. The molecule has 0 fully saturated rings. The number of phenols is 1. The summed E-state index contributed by atoms with van der Waals surface area (Å²) in [6.45, 7) is 0. The minimum absolute atomic E-state index is 0.380. The summed E-state index contributed by atoms with van der Waals surface area (Å²) in [6.07, 6.45) is 1.78. The summed E-state index contributed by atoms with van der Waals surface area (Å²) >= 11 is 0. The zero-order valence-electron chi connectivity index (χ0n) is 11.7. The van der Waals surface area contributed by atoms with E-state index in [1.54, 1.807) is 6.07 Å². The molecule has 0 amide bonds. The highest BCUT2D eigenvalue weighted by atomic mass is 16.3. The Morgan fingerprint density at radius 2 is 1.43 bits per heavy atom. The van der Waals surface area contributed by atoms with Crippen LogP contribution in [0.2, 0.25) is 0 Å². The number of benzene rings is 3. The average Bonchev–Trinajstić information content (AvgIpc) is 2.89. The van der Waals surface area contributed by atoms with E-state index in [-0.39, 0.29) is 0 Å². The van der Waals surface area contributed by atoms with E-state index in [4.69, 9.17) is 0 Å². The van der Waals surface area contributed by atoms with Gasteiger partial charge in [-0.1, -0.05) is 60.7 Å². The molecular weight excluding hydrogens is 256 g/mol. The lowest BCUT2D eigenvalue weighted by Crippen LogP contribution is -1.95. The van der Waals surface area contributed by atoms with Crippen molar-refractivity contribution in [2.24, 2.45) is 0 Å². The molecule has 1 aliphatic carbocycles. The summed E-state index contributed by atoms with van der Waals surface area (Å²) in [5, 5.41) is 9.99. The van der Waals surface area contributed by atoms with Crippen LogP contribution in [0.3, 0.4) is 0 Å². The second kappa shape index (κ2) is 4.78. The van der Waals surface area contributed by atoms with E-state index >= 15 is 0 Å². The number of aromatic hydroxyl groups is 1. The highest BCUT2D eigenvalue weighted by Gasteiger charge is 2.20. The van der Waals surface area contributed by atoms with E-state index in [2.05, 4.69) is 42.5 Å². The van der Waals surface area contributed by atoms with Gasteiger partial charge in [0.25, 0.3) is 0 Å². The lowest BCUT2D eigenvalue weighted by molar-refractivity contribution is 0.469. The molecule has 0 atom stereocenters. The molecule has 0 unspecified atom stereocenters. The summed E-state index contributed by atoms with van der Waals surface area (Å²) in [5.41, 5.74) is 7.80. The van der Waals surface area contributed by atoms with Gasteiger partial charge >= 0.3 is 0 Å². The molecule has 0 heterocycles. The predicted octanol–water partition coefficient (Wildman–Crippen LogP) is 4.55. The van der Waals surface area contributed by atoms with Crippen molar-refractivity contribution in [1.82, 2.24) is 0 Å². The first-order valence-corrected chi connectivity index (χ1v) is 7.29. The van der Waals surface area contributed by atoms with Crippen LogP contribution in [0.25, 0.3) is 11.1 Å². The molecule has 3 aromatic rings. The number of fused-ring (bicyclic) bond motifs is 3. The monoisotopic (exact) mass is 272 g/mol. The van der Waals surface area contributed by atoms with Crippen LogP contribution in [0.15, 0.2) is 66.7 Å². The van der Waals surface area contributed by atoms with E-state index in [1.165, 1.54) is 27.8 Å². The first kappa shape index (κ1) is 12.2. The van der Waals surface area contributed by atoms with Crippen molar-refractivity contribution >= 4 is 0 Å². The van der Waals surface area contributed by atoms with Gasteiger partial charge in [0.05, 0.1) is 0 Å². The number of rotatable bonds is 2. The largest absolute Gasteiger partial charge is 0.508 e. The van der Waals surface area contributed by atoms with Crippen LogP contribution in [0, 0.1) is 0 Å². The van der Waals surface area contributed by atoms with Gasteiger partial charge < -0.3 is 5.11 Å². The molecule has 3 aromatic carbocycles. The Morgan fingerprint density at radius 3 is 2.33 bits per heavy atom. The van der Waals surface area contributed by atoms with Gasteiger partial charge in [0.2, 0.25) is 0 Å². The van der Waals surface area contributed by atoms with E-state index in [1.807, 2.05) is 18.2 Å². The van der Waals surface area contributed by atoms with Crippen molar-refractivity contribution in [3.05, 3.63) is 89.0 Å². The molecule has 1 N–H and O–H groups in total. The van der Waals surface area contributed by atoms with Gasteiger partial charge in [0, 0.05) is 6.42 Å². The quantitative estimate of drug-likeness (QED) is 0.567. The first-order chi connectivity index (χ1) is 10.3. The van der Waals surface area contributed by atoms with Gasteiger partial charge in [0.1, 0.15) is 5.75 Å². The third kappa shape index (κ3) is 2.02. The van der Waals surface area contributed by atoms with Gasteiger partial charge in [-0.05, 0) is 45.9 Å². The molecule has 0 bridgehead atoms. The van der Waals surface area contributed by atoms with Crippen molar-refractivity contribution in [2.45, 2.75) is 12.8 Å². The molecule has 21 heavy (non-hydrogen) atoms. The first-order valence-electron chi connectivity index (χ1n) is 7.29. The summed E-state index contributed by atoms with van der Waals surface area (Å²) in [4.78, 5) is 0. The van der Waals surface area contributed by atoms with Gasteiger partial charge in [-0.3, -0.25) is 0 Å². The molecule has 102 valence electrons. The third-order valence-corrected chi connectivity index (χ3v) is 4.32. The van der Waals surface area contributed by atoms with E-state index < -0.39 is 0 Å². The van der Waals surface area contributed by atoms with Crippen LogP contribution in [0.5, 0.6) is 5.75 Å². The molecule has 0 aliphatic heterocycles. The van der Waals surface area contributed by atoms with Crippen LogP contribution in [-0.2, 0) is 12.8 Å². The average molecular weight is 272 g/mol. The second-order valence-corrected chi connectivity index (χ2v) is 5.58. The standard InChI is InChI=1S/C20H16O/c21-20-11-4-2-7-16(20)12-14-8-5-10-18-17-9-3-1-6-15(17)13-19(14)18/h1-11,21H,12-13H2. The molecule has 0 saturated heterocycles. The number of hydrogen-bond donors (Lipinski definition) is 1. The fourth-order valence-corrected chi connectivity index (χ4v) is 3.25. The number of phenolic OH excluding ortho intramolecular Hbond substituents is 1. The van der Waals surface area contributed by atoms with Gasteiger partial charge in [-0.25, -0.2) is 0 Å². The maximum absolute atomic E-state index is 9.99. The summed E-state index contributed by atoms with van der Waals surface area (Å²) in [5.74, 6) is 0.380. The highest BCUT2D eigenvalue weighted by molar-refractivity contribution is 5.78. The highest BCUT2D eigenvalue weighted by Crippen LogP contribution is 2.39. The van der Waals surface area contributed by atoms with Crippen LogP contribution in [0.1, 0.15) is 22.3 Å². The van der Waals surface area contributed by atoms with Crippen LogP contribution >= 0.6 is 0 Å². The van der Waals surface area contributed by atoms with Gasteiger partial charge in [0.15, 0.2) is 0 Å². The minimum Gasteiger partial charge on any atom is -0.508 e. The van der Waals surface area contributed by atoms with Crippen LogP contribution < -0.4 is 0 Å². The second-order valence-electron chi connectivity index (χ2n) is 5.58. The molecule has 0 saturated carbocycles. The van der Waals surface area contributed by atoms with E-state index in [0.717, 1.165) is 18.4 Å². The minimum atomic E-state index is 0.380. The SMILES string of the molecule is Oc1ccccc1Cc1cccc2c1Cc1ccccc1-2. The van der Waals surface area contributed by atoms with Crippen LogP contribution in [0.4, 0.5) is 0 Å². The van der Waals surface area contributed by atoms with Crippen molar-refractivity contribution in [3.63, 3.8) is 0 Å². The number of para-hydroxylation sites is 1. The maximum atomic E-state index is 9.99. The topological polar surface area (TPSA) is 20.2 Å². The lowest BCUT2D eigenvalue weighted by Gasteiger charge is -2.10. The van der Waals surface area contributed by atoms with Gasteiger partial charge in [-0.2, -0.15) is 0 Å². The summed E-state index contributed by atoms with van der Waals surface area (Å²) in [7, 11) is 0. The van der Waals surface area contributed by atoms with Gasteiger partial charge in [-0.15, -0.1) is 0 Å². The Labute approximate surface area is 124 Å². The molecule has 1 heteroatoms. The summed E-state index contributed by atoms with van der Waals surface area (Å²) < 4.78 is 0. The Morgan fingerprint density at radius 1 is 0.714 bits per heavy atom. The fraction of sp³-hybridized carbons (Fsp3) is 0.100. The van der Waals surface area contributed by atoms with Crippen molar-refractivity contribution in [2.75, 3.05) is 0 Å². The summed E-state index contributed by atoms with van der Waals surface area (Å²) in [6, 6.07) is 22.7. The van der Waals surface area contributed by atoms with Crippen molar-refractivity contribution < 1.29 is 5.11 Å².